The molecule has 0 aliphatic rings. The molecule has 0 saturated heterocycles. The van der Waals surface area contributed by atoms with Crippen LogP contribution in [0.3, 0.4) is 0 Å². The first-order valence-corrected chi connectivity index (χ1v) is 23.5. The predicted molar refractivity (Wildman–Crippen MR) is 233 cm³/mol. The summed E-state index contributed by atoms with van der Waals surface area (Å²) in [6, 6.07) is 0. The third kappa shape index (κ3) is 42.6. The highest BCUT2D eigenvalue weighted by molar-refractivity contribution is 5.71. The van der Waals surface area contributed by atoms with E-state index in [9.17, 15) is 14.4 Å². The lowest BCUT2D eigenvalue weighted by atomic mass is 10.1. The molecule has 0 aromatic rings. The summed E-state index contributed by atoms with van der Waals surface area (Å²) in [5.41, 5.74) is 0. The third-order valence-corrected chi connectivity index (χ3v) is 10.0. The van der Waals surface area contributed by atoms with Crippen LogP contribution in [0.15, 0.2) is 36.5 Å². The topological polar surface area (TPSA) is 78.9 Å². The van der Waals surface area contributed by atoms with E-state index in [-0.39, 0.29) is 31.1 Å². The molecule has 1 atom stereocenters. The highest BCUT2D eigenvalue weighted by atomic mass is 16.6. The number of hydrogen-bond acceptors (Lipinski definition) is 6. The van der Waals surface area contributed by atoms with E-state index in [2.05, 4.69) is 57.2 Å². The van der Waals surface area contributed by atoms with Gasteiger partial charge >= 0.3 is 17.9 Å². The van der Waals surface area contributed by atoms with E-state index in [0.717, 1.165) is 89.9 Å². The van der Waals surface area contributed by atoms with Crippen molar-refractivity contribution in [2.75, 3.05) is 13.2 Å². The van der Waals surface area contributed by atoms with Gasteiger partial charge in [-0.1, -0.05) is 173 Å². The first-order valence-electron chi connectivity index (χ1n) is 23.5. The third-order valence-electron chi connectivity index (χ3n) is 10.0. The molecule has 0 bridgehead atoms. The van der Waals surface area contributed by atoms with E-state index in [1.165, 1.54) is 109 Å². The number of ether oxygens (including phenoxy) is 3. The maximum atomic E-state index is 12.7. The molecule has 0 aliphatic carbocycles. The Labute approximate surface area is 340 Å². The largest absolute Gasteiger partial charge is 0.462 e. The molecule has 0 fully saturated rings. The maximum absolute atomic E-state index is 12.7. The van der Waals surface area contributed by atoms with Crippen LogP contribution in [0.4, 0.5) is 0 Å². The van der Waals surface area contributed by atoms with E-state index in [1.807, 2.05) is 0 Å². The van der Waals surface area contributed by atoms with Crippen molar-refractivity contribution < 1.29 is 28.6 Å². The zero-order chi connectivity index (χ0) is 40.1. The number of esters is 3. The van der Waals surface area contributed by atoms with Crippen LogP contribution in [0, 0.1) is 0 Å². The molecule has 0 radical (unpaired) electrons. The summed E-state index contributed by atoms with van der Waals surface area (Å²) in [5, 5.41) is 0. The van der Waals surface area contributed by atoms with Crippen LogP contribution in [0.25, 0.3) is 0 Å². The molecule has 0 N–H and O–H groups in total. The number of allylic oxidation sites excluding steroid dienone is 6. The molecule has 0 amide bonds. The standard InChI is InChI=1S/C49H88O6/c1-4-7-10-13-16-19-22-23-24-25-26-27-28-31-33-36-39-42-48(51)54-45-46(55-49(52)43-40-37-34-30-21-18-15-12-9-6-3)44-53-47(50)41-38-35-32-29-20-17-14-11-8-5-2/h11-12,14-15,23-24,46H,4-10,13,16-22,25-45H2,1-3H3/b14-11-,15-12-,24-23-. The fraction of sp³-hybridized carbons (Fsp3) is 0.816. The molecule has 6 nitrogen and oxygen atoms in total. The second-order valence-electron chi connectivity index (χ2n) is 15.7. The minimum absolute atomic E-state index is 0.0799. The highest BCUT2D eigenvalue weighted by Gasteiger charge is 2.19. The second kappa shape index (κ2) is 44.3. The monoisotopic (exact) mass is 773 g/mol. The van der Waals surface area contributed by atoms with Gasteiger partial charge in [-0.25, -0.2) is 0 Å². The van der Waals surface area contributed by atoms with Crippen molar-refractivity contribution in [2.45, 2.75) is 245 Å². The fourth-order valence-electron chi connectivity index (χ4n) is 6.50. The Hall–Kier alpha value is -2.37. The average molecular weight is 773 g/mol. The Morgan fingerprint density at radius 3 is 0.982 bits per heavy atom. The van der Waals surface area contributed by atoms with E-state index >= 15 is 0 Å². The van der Waals surface area contributed by atoms with Gasteiger partial charge in [-0.15, -0.1) is 0 Å². The lowest BCUT2D eigenvalue weighted by Crippen LogP contribution is -2.30. The van der Waals surface area contributed by atoms with Gasteiger partial charge in [-0.3, -0.25) is 14.4 Å². The van der Waals surface area contributed by atoms with Crippen LogP contribution in [0.2, 0.25) is 0 Å². The minimum Gasteiger partial charge on any atom is -0.462 e. The molecular formula is C49H88O6. The van der Waals surface area contributed by atoms with Crippen LogP contribution in [-0.2, 0) is 28.6 Å². The lowest BCUT2D eigenvalue weighted by molar-refractivity contribution is -0.167. The van der Waals surface area contributed by atoms with Crippen molar-refractivity contribution >= 4 is 17.9 Å². The molecule has 320 valence electrons. The molecule has 0 spiro atoms. The van der Waals surface area contributed by atoms with E-state index in [0.29, 0.717) is 19.3 Å². The second-order valence-corrected chi connectivity index (χ2v) is 15.7. The Morgan fingerprint density at radius 1 is 0.345 bits per heavy atom. The van der Waals surface area contributed by atoms with Gasteiger partial charge < -0.3 is 14.2 Å². The predicted octanol–water partition coefficient (Wildman–Crippen LogP) is 15.0. The number of carbonyl (C=O) groups is 3. The summed E-state index contributed by atoms with van der Waals surface area (Å²) in [6.07, 6.45) is 49.9. The van der Waals surface area contributed by atoms with Crippen LogP contribution >= 0.6 is 0 Å². The van der Waals surface area contributed by atoms with Crippen LogP contribution in [-0.4, -0.2) is 37.2 Å². The molecule has 6 heteroatoms. The van der Waals surface area contributed by atoms with Crippen LogP contribution in [0.5, 0.6) is 0 Å². The first kappa shape index (κ1) is 52.6. The molecule has 0 rings (SSSR count). The molecule has 0 aromatic carbocycles. The van der Waals surface area contributed by atoms with Gasteiger partial charge in [0.05, 0.1) is 0 Å². The Kier molecular flexibility index (Phi) is 42.4. The fourth-order valence-corrected chi connectivity index (χ4v) is 6.50. The SMILES string of the molecule is CCC/C=C\CCCCCCCC(=O)OCC(COC(=O)CCCCCCCCC/C=C\CCCCCCCC)OC(=O)CCCCCCC/C=C\CCC. The minimum atomic E-state index is -0.776. The first-order chi connectivity index (χ1) is 27.0. The lowest BCUT2D eigenvalue weighted by Gasteiger charge is -2.18. The number of carbonyl (C=O) groups excluding carboxylic acids is 3. The van der Waals surface area contributed by atoms with E-state index in [4.69, 9.17) is 14.2 Å². The number of unbranched alkanes of at least 4 members (excludes halogenated alkanes) is 25. The van der Waals surface area contributed by atoms with Crippen molar-refractivity contribution in [1.82, 2.24) is 0 Å². The van der Waals surface area contributed by atoms with Gasteiger partial charge in [-0.05, 0) is 83.5 Å². The molecule has 1 unspecified atom stereocenters. The van der Waals surface area contributed by atoms with Gasteiger partial charge in [0.1, 0.15) is 13.2 Å². The van der Waals surface area contributed by atoms with Gasteiger partial charge in [0.25, 0.3) is 0 Å². The van der Waals surface area contributed by atoms with E-state index < -0.39 is 6.10 Å². The van der Waals surface area contributed by atoms with Gasteiger partial charge in [0.2, 0.25) is 0 Å². The number of hydrogen-bond donors (Lipinski definition) is 0. The Bertz CT molecular complexity index is 938. The normalized spacial score (nSPS) is 12.3. The Balaban J connectivity index is 4.31. The Morgan fingerprint density at radius 2 is 0.636 bits per heavy atom. The molecule has 0 saturated carbocycles. The zero-order valence-electron chi connectivity index (χ0n) is 36.4. The summed E-state index contributed by atoms with van der Waals surface area (Å²) in [7, 11) is 0. The summed E-state index contributed by atoms with van der Waals surface area (Å²) in [5.74, 6) is -0.904. The van der Waals surface area contributed by atoms with Gasteiger partial charge in [-0.2, -0.15) is 0 Å². The molecule has 55 heavy (non-hydrogen) atoms. The van der Waals surface area contributed by atoms with Crippen LogP contribution < -0.4 is 0 Å². The molecule has 0 aromatic heterocycles. The van der Waals surface area contributed by atoms with Crippen molar-refractivity contribution in [1.29, 1.82) is 0 Å². The summed E-state index contributed by atoms with van der Waals surface area (Å²) in [6.45, 7) is 6.49. The smallest absolute Gasteiger partial charge is 0.306 e. The van der Waals surface area contributed by atoms with Crippen molar-refractivity contribution in [3.63, 3.8) is 0 Å². The number of rotatable bonds is 42. The van der Waals surface area contributed by atoms with Crippen molar-refractivity contribution in [3.8, 4) is 0 Å². The molecular weight excluding hydrogens is 685 g/mol. The van der Waals surface area contributed by atoms with Gasteiger partial charge in [0.15, 0.2) is 6.10 Å². The summed E-state index contributed by atoms with van der Waals surface area (Å²) in [4.78, 5) is 37.7. The van der Waals surface area contributed by atoms with E-state index in [1.54, 1.807) is 0 Å². The average Bonchev–Trinajstić information content (AvgIpc) is 3.18. The van der Waals surface area contributed by atoms with Crippen molar-refractivity contribution in [2.24, 2.45) is 0 Å². The molecule has 0 heterocycles. The zero-order valence-corrected chi connectivity index (χ0v) is 36.4. The maximum Gasteiger partial charge on any atom is 0.306 e. The van der Waals surface area contributed by atoms with Crippen molar-refractivity contribution in [3.05, 3.63) is 36.5 Å². The van der Waals surface area contributed by atoms with Gasteiger partial charge in [0, 0.05) is 19.3 Å². The highest BCUT2D eigenvalue weighted by Crippen LogP contribution is 2.14. The quantitative estimate of drug-likeness (QED) is 0.0266. The molecule has 0 aliphatic heterocycles. The summed E-state index contributed by atoms with van der Waals surface area (Å²) < 4.78 is 16.7. The summed E-state index contributed by atoms with van der Waals surface area (Å²) >= 11 is 0. The van der Waals surface area contributed by atoms with Crippen LogP contribution in [0.1, 0.15) is 239 Å².